The second-order valence-electron chi connectivity index (χ2n) is 5.49. The maximum absolute atomic E-state index is 11.6. The first-order chi connectivity index (χ1) is 9.50. The average molecular weight is 298 g/mol. The minimum absolute atomic E-state index is 0.345. The van der Waals surface area contributed by atoms with Crippen molar-refractivity contribution in [1.82, 2.24) is 9.88 Å². The number of hydrogen-bond donors (Lipinski definition) is 1. The zero-order valence-corrected chi connectivity index (χ0v) is 12.9. The van der Waals surface area contributed by atoms with Crippen molar-refractivity contribution in [2.75, 3.05) is 19.7 Å². The Kier molecular flexibility index (Phi) is 5.12. The van der Waals surface area contributed by atoms with E-state index in [2.05, 4.69) is 9.88 Å². The number of nitrogens with zero attached hydrogens (tertiary/aromatic N) is 2. The quantitative estimate of drug-likeness (QED) is 0.862. The molecule has 0 aromatic carbocycles. The molecule has 0 amide bonds. The molecule has 0 spiro atoms. The number of likely N-dealkylation sites (tertiary alicyclic amines) is 1. The highest BCUT2D eigenvalue weighted by Crippen LogP contribution is 2.22. The van der Waals surface area contributed by atoms with Crippen LogP contribution in [-0.2, 0) is 11.3 Å². The van der Waals surface area contributed by atoms with Crippen molar-refractivity contribution >= 4 is 17.3 Å². The van der Waals surface area contributed by atoms with Gasteiger partial charge in [-0.05, 0) is 39.7 Å². The lowest BCUT2D eigenvalue weighted by Gasteiger charge is -2.21. The van der Waals surface area contributed by atoms with Gasteiger partial charge in [0.25, 0.3) is 0 Å². The van der Waals surface area contributed by atoms with E-state index in [0.29, 0.717) is 11.6 Å². The molecule has 6 heteroatoms. The zero-order chi connectivity index (χ0) is 14.6. The van der Waals surface area contributed by atoms with Crippen LogP contribution in [0.3, 0.4) is 0 Å². The summed E-state index contributed by atoms with van der Waals surface area (Å²) in [4.78, 5) is 18.2. The van der Waals surface area contributed by atoms with E-state index in [-0.39, 0.29) is 5.97 Å². The van der Waals surface area contributed by atoms with Crippen molar-refractivity contribution in [2.24, 2.45) is 0 Å². The highest BCUT2D eigenvalue weighted by molar-refractivity contribution is 7.11. The molecule has 0 bridgehead atoms. The molecule has 1 unspecified atom stereocenters. The SMILES string of the molecule is CCOC(=O)c1nc(CN2CCCC(C)(O)CC2)cs1. The Labute approximate surface area is 123 Å². The summed E-state index contributed by atoms with van der Waals surface area (Å²) in [6.07, 6.45) is 2.61. The summed E-state index contributed by atoms with van der Waals surface area (Å²) in [6.45, 7) is 6.61. The van der Waals surface area contributed by atoms with Crippen LogP contribution in [0.15, 0.2) is 5.38 Å². The van der Waals surface area contributed by atoms with E-state index in [1.165, 1.54) is 11.3 Å². The molecule has 1 aliphatic rings. The Morgan fingerprint density at radius 1 is 1.55 bits per heavy atom. The molecule has 0 saturated carbocycles. The van der Waals surface area contributed by atoms with Gasteiger partial charge >= 0.3 is 5.97 Å². The third-order valence-corrected chi connectivity index (χ3v) is 4.41. The lowest BCUT2D eigenvalue weighted by Crippen LogP contribution is -2.28. The highest BCUT2D eigenvalue weighted by atomic mass is 32.1. The number of ether oxygens (including phenoxy) is 1. The molecule has 1 N–H and O–H groups in total. The predicted octanol–water partition coefficient (Wildman–Crippen LogP) is 2.06. The van der Waals surface area contributed by atoms with E-state index in [0.717, 1.165) is 44.6 Å². The molecular formula is C14H22N2O3S. The fourth-order valence-corrected chi connectivity index (χ4v) is 3.07. The van der Waals surface area contributed by atoms with Crippen molar-refractivity contribution in [1.29, 1.82) is 0 Å². The third kappa shape index (κ3) is 4.26. The van der Waals surface area contributed by atoms with Gasteiger partial charge in [0.05, 0.1) is 17.9 Å². The molecule has 5 nitrogen and oxygen atoms in total. The Balaban J connectivity index is 1.92. The van der Waals surface area contributed by atoms with E-state index in [1.807, 2.05) is 12.3 Å². The van der Waals surface area contributed by atoms with Gasteiger partial charge in [0.15, 0.2) is 0 Å². The minimum Gasteiger partial charge on any atom is -0.461 e. The van der Waals surface area contributed by atoms with Gasteiger partial charge in [0.2, 0.25) is 5.01 Å². The summed E-state index contributed by atoms with van der Waals surface area (Å²) in [6, 6.07) is 0. The largest absolute Gasteiger partial charge is 0.461 e. The molecule has 1 saturated heterocycles. The number of hydrogen-bond acceptors (Lipinski definition) is 6. The van der Waals surface area contributed by atoms with Crippen molar-refractivity contribution in [3.8, 4) is 0 Å². The van der Waals surface area contributed by atoms with Gasteiger partial charge in [0.1, 0.15) is 0 Å². The number of carbonyl (C=O) groups excluding carboxylic acids is 1. The van der Waals surface area contributed by atoms with E-state index < -0.39 is 5.60 Å². The first-order valence-corrected chi connectivity index (χ1v) is 7.94. The molecule has 20 heavy (non-hydrogen) atoms. The summed E-state index contributed by atoms with van der Waals surface area (Å²) in [7, 11) is 0. The van der Waals surface area contributed by atoms with Crippen molar-refractivity contribution in [2.45, 2.75) is 45.3 Å². The molecule has 1 aliphatic heterocycles. The minimum atomic E-state index is -0.549. The summed E-state index contributed by atoms with van der Waals surface area (Å²) in [5.74, 6) is -0.345. The van der Waals surface area contributed by atoms with Crippen molar-refractivity contribution in [3.63, 3.8) is 0 Å². The third-order valence-electron chi connectivity index (χ3n) is 3.54. The fourth-order valence-electron chi connectivity index (χ4n) is 2.37. The van der Waals surface area contributed by atoms with Crippen LogP contribution >= 0.6 is 11.3 Å². The Hall–Kier alpha value is -0.980. The molecule has 1 aromatic rings. The van der Waals surface area contributed by atoms with E-state index in [1.54, 1.807) is 6.92 Å². The average Bonchev–Trinajstić information content (AvgIpc) is 2.77. The van der Waals surface area contributed by atoms with Crippen molar-refractivity contribution < 1.29 is 14.6 Å². The van der Waals surface area contributed by atoms with Crippen LogP contribution in [-0.4, -0.2) is 46.3 Å². The van der Waals surface area contributed by atoms with E-state index in [4.69, 9.17) is 4.74 Å². The van der Waals surface area contributed by atoms with Gasteiger partial charge in [-0.3, -0.25) is 4.90 Å². The van der Waals surface area contributed by atoms with Crippen LogP contribution in [0.1, 0.15) is 48.6 Å². The maximum Gasteiger partial charge on any atom is 0.367 e. The smallest absolute Gasteiger partial charge is 0.367 e. The summed E-state index contributed by atoms with van der Waals surface area (Å²) in [5, 5.41) is 12.4. The number of rotatable bonds is 4. The van der Waals surface area contributed by atoms with Crippen LogP contribution < -0.4 is 0 Å². The summed E-state index contributed by atoms with van der Waals surface area (Å²) >= 11 is 1.33. The molecule has 0 radical (unpaired) electrons. The van der Waals surface area contributed by atoms with Gasteiger partial charge in [-0.25, -0.2) is 9.78 Å². The zero-order valence-electron chi connectivity index (χ0n) is 12.1. The second-order valence-corrected chi connectivity index (χ2v) is 6.35. The van der Waals surface area contributed by atoms with E-state index >= 15 is 0 Å². The Bertz CT molecular complexity index is 459. The molecular weight excluding hydrogens is 276 g/mol. The molecule has 1 atom stereocenters. The van der Waals surface area contributed by atoms with E-state index in [9.17, 15) is 9.90 Å². The lowest BCUT2D eigenvalue weighted by molar-refractivity contribution is 0.0443. The molecule has 112 valence electrons. The monoisotopic (exact) mass is 298 g/mol. The highest BCUT2D eigenvalue weighted by Gasteiger charge is 2.25. The molecule has 1 fully saturated rings. The van der Waals surface area contributed by atoms with Gasteiger partial charge in [-0.2, -0.15) is 0 Å². The molecule has 2 rings (SSSR count). The number of thiazole rings is 1. The number of carbonyl (C=O) groups is 1. The summed E-state index contributed by atoms with van der Waals surface area (Å²) < 4.78 is 4.94. The Morgan fingerprint density at radius 3 is 3.10 bits per heavy atom. The molecule has 0 aliphatic carbocycles. The number of esters is 1. The van der Waals surface area contributed by atoms with Crippen molar-refractivity contribution in [3.05, 3.63) is 16.1 Å². The maximum atomic E-state index is 11.6. The van der Waals surface area contributed by atoms with Crippen LogP contribution in [0.5, 0.6) is 0 Å². The standard InChI is InChI=1S/C14H22N2O3S/c1-3-19-13(17)12-15-11(10-20-12)9-16-7-4-5-14(2,18)6-8-16/h10,18H,3-9H2,1-2H3. The molecule has 2 heterocycles. The van der Waals surface area contributed by atoms with Gasteiger partial charge in [-0.1, -0.05) is 0 Å². The first-order valence-electron chi connectivity index (χ1n) is 7.06. The lowest BCUT2D eigenvalue weighted by atomic mass is 9.98. The normalized spacial score (nSPS) is 24.4. The predicted molar refractivity (Wildman–Crippen MR) is 77.8 cm³/mol. The van der Waals surface area contributed by atoms with Crippen LogP contribution in [0.2, 0.25) is 0 Å². The van der Waals surface area contributed by atoms with Gasteiger partial charge < -0.3 is 9.84 Å². The second kappa shape index (κ2) is 6.65. The molecule has 1 aromatic heterocycles. The van der Waals surface area contributed by atoms with Crippen LogP contribution in [0, 0.1) is 0 Å². The Morgan fingerprint density at radius 2 is 2.35 bits per heavy atom. The fraction of sp³-hybridized carbons (Fsp3) is 0.714. The number of aliphatic hydroxyl groups is 1. The summed E-state index contributed by atoms with van der Waals surface area (Å²) in [5.41, 5.74) is 0.354. The van der Waals surface area contributed by atoms with Gasteiger partial charge in [0, 0.05) is 18.5 Å². The van der Waals surface area contributed by atoms with Gasteiger partial charge in [-0.15, -0.1) is 11.3 Å². The van der Waals surface area contributed by atoms with Crippen LogP contribution in [0.4, 0.5) is 0 Å². The topological polar surface area (TPSA) is 62.7 Å². The van der Waals surface area contributed by atoms with Crippen LogP contribution in [0.25, 0.3) is 0 Å². The first kappa shape index (κ1) is 15.4. The number of aromatic nitrogens is 1.